The van der Waals surface area contributed by atoms with Crippen molar-refractivity contribution in [3.05, 3.63) is 24.0 Å². The van der Waals surface area contributed by atoms with Crippen molar-refractivity contribution in [3.8, 4) is 0 Å². The summed E-state index contributed by atoms with van der Waals surface area (Å²) in [5, 5.41) is 12.7. The lowest BCUT2D eigenvalue weighted by Crippen LogP contribution is -2.15. The van der Waals surface area contributed by atoms with Crippen molar-refractivity contribution in [2.75, 3.05) is 17.2 Å². The van der Waals surface area contributed by atoms with Gasteiger partial charge >= 0.3 is 6.01 Å². The zero-order chi connectivity index (χ0) is 13.0. The fourth-order valence-corrected chi connectivity index (χ4v) is 1.25. The molecule has 94 valence electrons. The summed E-state index contributed by atoms with van der Waals surface area (Å²) in [4.78, 5) is 19.8. The SMILES string of the molecule is CCNc1cncc(C(=O)Nc2nnc(C)o2)n1. The average Bonchev–Trinajstić information content (AvgIpc) is 2.75. The largest absolute Gasteiger partial charge is 0.408 e. The Labute approximate surface area is 103 Å². The molecule has 0 spiro atoms. The third-order valence-electron chi connectivity index (χ3n) is 1.97. The highest BCUT2D eigenvalue weighted by Gasteiger charge is 2.12. The van der Waals surface area contributed by atoms with Crippen LogP contribution < -0.4 is 10.6 Å². The summed E-state index contributed by atoms with van der Waals surface area (Å²) >= 11 is 0. The van der Waals surface area contributed by atoms with Gasteiger partial charge in [-0.15, -0.1) is 5.10 Å². The molecular formula is C10H12N6O2. The Kier molecular flexibility index (Phi) is 3.46. The monoisotopic (exact) mass is 248 g/mol. The van der Waals surface area contributed by atoms with Crippen molar-refractivity contribution >= 4 is 17.7 Å². The van der Waals surface area contributed by atoms with Crippen molar-refractivity contribution in [2.24, 2.45) is 0 Å². The van der Waals surface area contributed by atoms with Crippen LogP contribution in [0.4, 0.5) is 11.8 Å². The Morgan fingerprint density at radius 1 is 1.39 bits per heavy atom. The minimum atomic E-state index is -0.453. The minimum absolute atomic E-state index is 0.0353. The molecule has 0 aliphatic rings. The van der Waals surface area contributed by atoms with Gasteiger partial charge in [0.2, 0.25) is 5.89 Å². The van der Waals surface area contributed by atoms with Crippen LogP contribution in [-0.4, -0.2) is 32.6 Å². The van der Waals surface area contributed by atoms with Crippen molar-refractivity contribution < 1.29 is 9.21 Å². The highest BCUT2D eigenvalue weighted by atomic mass is 16.4. The topological polar surface area (TPSA) is 106 Å². The van der Waals surface area contributed by atoms with E-state index in [1.165, 1.54) is 12.4 Å². The summed E-state index contributed by atoms with van der Waals surface area (Å²) in [6, 6.07) is 0.0353. The van der Waals surface area contributed by atoms with Crippen LogP contribution in [0.25, 0.3) is 0 Å². The maximum absolute atomic E-state index is 11.8. The number of anilines is 2. The summed E-state index contributed by atoms with van der Waals surface area (Å²) < 4.78 is 5.04. The fraction of sp³-hybridized carbons (Fsp3) is 0.300. The standard InChI is InChI=1S/C10H12N6O2/c1-3-12-8-5-11-4-7(13-8)9(17)14-10-16-15-6(2)18-10/h4-5H,3H2,1-2H3,(H,12,13)(H,14,16,17). The molecule has 0 unspecified atom stereocenters. The van der Waals surface area contributed by atoms with E-state index in [1.807, 2.05) is 6.92 Å². The number of aromatic nitrogens is 4. The zero-order valence-corrected chi connectivity index (χ0v) is 9.97. The van der Waals surface area contributed by atoms with Crippen molar-refractivity contribution in [1.82, 2.24) is 20.2 Å². The van der Waals surface area contributed by atoms with Crippen LogP contribution in [0.15, 0.2) is 16.8 Å². The van der Waals surface area contributed by atoms with Gasteiger partial charge in [-0.2, -0.15) is 0 Å². The van der Waals surface area contributed by atoms with E-state index in [9.17, 15) is 4.79 Å². The van der Waals surface area contributed by atoms with Gasteiger partial charge in [-0.05, 0) is 6.92 Å². The van der Waals surface area contributed by atoms with Gasteiger partial charge in [0.1, 0.15) is 11.5 Å². The third kappa shape index (κ3) is 2.78. The van der Waals surface area contributed by atoms with Gasteiger partial charge in [0.05, 0.1) is 12.4 Å². The van der Waals surface area contributed by atoms with E-state index in [4.69, 9.17) is 4.42 Å². The predicted octanol–water partition coefficient (Wildman–Crippen LogP) is 0.852. The molecule has 0 saturated carbocycles. The third-order valence-corrected chi connectivity index (χ3v) is 1.97. The molecule has 0 aromatic carbocycles. The number of aryl methyl sites for hydroxylation is 1. The molecule has 0 bridgehead atoms. The van der Waals surface area contributed by atoms with E-state index >= 15 is 0 Å². The number of nitrogens with zero attached hydrogens (tertiary/aromatic N) is 4. The first kappa shape index (κ1) is 12.0. The van der Waals surface area contributed by atoms with Crippen LogP contribution in [0.2, 0.25) is 0 Å². The summed E-state index contributed by atoms with van der Waals surface area (Å²) in [5.41, 5.74) is 0.171. The molecule has 8 heteroatoms. The molecule has 0 aliphatic heterocycles. The number of carbonyl (C=O) groups is 1. The second kappa shape index (κ2) is 5.21. The van der Waals surface area contributed by atoms with Crippen LogP contribution in [0.1, 0.15) is 23.3 Å². The zero-order valence-electron chi connectivity index (χ0n) is 9.97. The van der Waals surface area contributed by atoms with Crippen molar-refractivity contribution in [1.29, 1.82) is 0 Å². The second-order valence-electron chi connectivity index (χ2n) is 3.40. The van der Waals surface area contributed by atoms with Crippen LogP contribution in [0, 0.1) is 6.92 Å². The molecular weight excluding hydrogens is 236 g/mol. The lowest BCUT2D eigenvalue weighted by Gasteiger charge is -2.03. The number of carbonyl (C=O) groups excluding carboxylic acids is 1. The summed E-state index contributed by atoms with van der Waals surface area (Å²) in [6.07, 6.45) is 2.90. The predicted molar refractivity (Wildman–Crippen MR) is 63.2 cm³/mol. The Morgan fingerprint density at radius 3 is 2.89 bits per heavy atom. The Hall–Kier alpha value is -2.51. The van der Waals surface area contributed by atoms with Crippen molar-refractivity contribution in [3.63, 3.8) is 0 Å². The maximum Gasteiger partial charge on any atom is 0.322 e. The van der Waals surface area contributed by atoms with Gasteiger partial charge in [-0.25, -0.2) is 4.98 Å². The van der Waals surface area contributed by atoms with Crippen molar-refractivity contribution in [2.45, 2.75) is 13.8 Å². The molecule has 0 radical (unpaired) electrons. The number of nitrogens with one attached hydrogen (secondary N) is 2. The van der Waals surface area contributed by atoms with E-state index in [1.54, 1.807) is 6.92 Å². The van der Waals surface area contributed by atoms with Gasteiger partial charge in [-0.1, -0.05) is 5.10 Å². The van der Waals surface area contributed by atoms with E-state index in [-0.39, 0.29) is 11.7 Å². The van der Waals surface area contributed by atoms with Gasteiger partial charge in [0.15, 0.2) is 0 Å². The first-order valence-corrected chi connectivity index (χ1v) is 5.36. The lowest BCUT2D eigenvalue weighted by atomic mass is 10.4. The molecule has 2 rings (SSSR count). The smallest absolute Gasteiger partial charge is 0.322 e. The van der Waals surface area contributed by atoms with E-state index in [0.717, 1.165) is 0 Å². The Morgan fingerprint density at radius 2 is 2.22 bits per heavy atom. The number of rotatable bonds is 4. The number of hydrogen-bond acceptors (Lipinski definition) is 7. The quantitative estimate of drug-likeness (QED) is 0.826. The van der Waals surface area contributed by atoms with Crippen LogP contribution >= 0.6 is 0 Å². The van der Waals surface area contributed by atoms with E-state index < -0.39 is 5.91 Å². The van der Waals surface area contributed by atoms with Gasteiger partial charge < -0.3 is 9.73 Å². The van der Waals surface area contributed by atoms with E-state index in [2.05, 4.69) is 30.8 Å². The molecule has 0 aliphatic carbocycles. The van der Waals surface area contributed by atoms with Crippen LogP contribution in [0.5, 0.6) is 0 Å². The molecule has 8 nitrogen and oxygen atoms in total. The molecule has 2 aromatic rings. The van der Waals surface area contributed by atoms with Gasteiger partial charge in [0, 0.05) is 13.5 Å². The Bertz CT molecular complexity index is 553. The van der Waals surface area contributed by atoms with Crippen LogP contribution in [0.3, 0.4) is 0 Å². The first-order valence-electron chi connectivity index (χ1n) is 5.36. The van der Waals surface area contributed by atoms with Gasteiger partial charge in [0.25, 0.3) is 5.91 Å². The molecule has 1 amide bonds. The van der Waals surface area contributed by atoms with Crippen LogP contribution in [-0.2, 0) is 0 Å². The molecule has 2 aromatic heterocycles. The van der Waals surface area contributed by atoms with E-state index in [0.29, 0.717) is 18.3 Å². The number of hydrogen-bond donors (Lipinski definition) is 2. The molecule has 2 N–H and O–H groups in total. The first-order chi connectivity index (χ1) is 8.69. The highest BCUT2D eigenvalue weighted by Crippen LogP contribution is 2.07. The molecule has 2 heterocycles. The maximum atomic E-state index is 11.8. The number of amides is 1. The summed E-state index contributed by atoms with van der Waals surface area (Å²) in [6.45, 7) is 4.26. The Balaban J connectivity index is 2.11. The minimum Gasteiger partial charge on any atom is -0.408 e. The molecule has 18 heavy (non-hydrogen) atoms. The van der Waals surface area contributed by atoms with Gasteiger partial charge in [-0.3, -0.25) is 15.1 Å². The fourth-order valence-electron chi connectivity index (χ4n) is 1.25. The molecule has 0 fully saturated rings. The summed E-state index contributed by atoms with van der Waals surface area (Å²) in [7, 11) is 0. The molecule has 0 atom stereocenters. The average molecular weight is 248 g/mol. The normalized spacial score (nSPS) is 10.1. The summed E-state index contributed by atoms with van der Waals surface area (Å²) in [5.74, 6) is 0.454. The second-order valence-corrected chi connectivity index (χ2v) is 3.40. The molecule has 0 saturated heterocycles. The lowest BCUT2D eigenvalue weighted by molar-refractivity contribution is 0.101. The highest BCUT2D eigenvalue weighted by molar-refractivity contribution is 6.01.